The number of thioether (sulfide) groups is 1. The van der Waals surface area contributed by atoms with Gasteiger partial charge in [0.25, 0.3) is 0 Å². The maximum absolute atomic E-state index is 5.37. The van der Waals surface area contributed by atoms with E-state index >= 15 is 0 Å². The van der Waals surface area contributed by atoms with Gasteiger partial charge in [-0.3, -0.25) is 0 Å². The summed E-state index contributed by atoms with van der Waals surface area (Å²) in [4.78, 5) is 0. The third-order valence-electron chi connectivity index (χ3n) is 3.27. The van der Waals surface area contributed by atoms with Gasteiger partial charge in [-0.2, -0.15) is 0 Å². The molecule has 114 valence electrons. The van der Waals surface area contributed by atoms with E-state index in [4.69, 9.17) is 9.47 Å². The van der Waals surface area contributed by atoms with Crippen molar-refractivity contribution in [3.63, 3.8) is 0 Å². The number of nitrogens with zero attached hydrogens (tertiary/aromatic N) is 4. The summed E-state index contributed by atoms with van der Waals surface area (Å²) >= 11 is 1.75. The molecule has 20 heavy (non-hydrogen) atoms. The Balaban J connectivity index is 1.68. The van der Waals surface area contributed by atoms with Gasteiger partial charge in [-0.1, -0.05) is 11.8 Å². The summed E-state index contributed by atoms with van der Waals surface area (Å²) in [5.74, 6) is 1.79. The second-order valence-corrected chi connectivity index (χ2v) is 5.78. The quantitative estimate of drug-likeness (QED) is 0.523. The summed E-state index contributed by atoms with van der Waals surface area (Å²) < 4.78 is 12.2. The third kappa shape index (κ3) is 5.35. The SMILES string of the molecule is COCCNCCn1nnnc1SCC1CCOCC1. The molecule has 8 heteroatoms. The Morgan fingerprint density at radius 3 is 3.05 bits per heavy atom. The van der Waals surface area contributed by atoms with Crippen LogP contribution in [0.25, 0.3) is 0 Å². The Kier molecular flexibility index (Phi) is 7.27. The number of methoxy groups -OCH3 is 1. The number of rotatable bonds is 9. The van der Waals surface area contributed by atoms with E-state index in [9.17, 15) is 0 Å². The minimum atomic E-state index is 0.721. The standard InChI is InChI=1S/C12H23N5O2S/c1-18-9-5-13-4-6-17-12(14-15-16-17)20-10-11-2-7-19-8-3-11/h11,13H,2-10H2,1H3. The monoisotopic (exact) mass is 301 g/mol. The van der Waals surface area contributed by atoms with Crippen molar-refractivity contribution >= 4 is 11.8 Å². The first kappa shape index (κ1) is 15.7. The topological polar surface area (TPSA) is 74.1 Å². The molecule has 1 fully saturated rings. The molecule has 7 nitrogen and oxygen atoms in total. The highest BCUT2D eigenvalue weighted by Crippen LogP contribution is 2.23. The molecule has 0 aromatic carbocycles. The summed E-state index contributed by atoms with van der Waals surface area (Å²) in [6, 6.07) is 0. The van der Waals surface area contributed by atoms with Crippen LogP contribution in [-0.4, -0.2) is 66.0 Å². The minimum absolute atomic E-state index is 0.721. The molecule has 1 N–H and O–H groups in total. The van der Waals surface area contributed by atoms with Crippen LogP contribution in [0.1, 0.15) is 12.8 Å². The lowest BCUT2D eigenvalue weighted by Crippen LogP contribution is -2.24. The third-order valence-corrected chi connectivity index (χ3v) is 4.46. The molecule has 0 atom stereocenters. The lowest BCUT2D eigenvalue weighted by molar-refractivity contribution is 0.0727. The lowest BCUT2D eigenvalue weighted by atomic mass is 10.0. The van der Waals surface area contributed by atoms with E-state index in [0.29, 0.717) is 0 Å². The summed E-state index contributed by atoms with van der Waals surface area (Å²) in [7, 11) is 1.70. The molecule has 2 rings (SSSR count). The molecule has 0 amide bonds. The molecule has 0 unspecified atom stereocenters. The Hall–Kier alpha value is -0.700. The predicted molar refractivity (Wildman–Crippen MR) is 76.8 cm³/mol. The predicted octanol–water partition coefficient (Wildman–Crippen LogP) is 0.428. The van der Waals surface area contributed by atoms with Crippen LogP contribution in [0.5, 0.6) is 0 Å². The number of hydrogen-bond acceptors (Lipinski definition) is 7. The summed E-state index contributed by atoms with van der Waals surface area (Å²) in [6.45, 7) is 4.98. The molecule has 1 saturated heterocycles. The molecule has 2 heterocycles. The first-order chi connectivity index (χ1) is 9.90. The van der Waals surface area contributed by atoms with Crippen molar-refractivity contribution in [2.75, 3.05) is 45.8 Å². The van der Waals surface area contributed by atoms with Gasteiger partial charge in [0, 0.05) is 39.2 Å². The average Bonchev–Trinajstić information content (AvgIpc) is 2.93. The van der Waals surface area contributed by atoms with Crippen LogP contribution in [0, 0.1) is 5.92 Å². The molecule has 0 aliphatic carbocycles. The van der Waals surface area contributed by atoms with Gasteiger partial charge >= 0.3 is 0 Å². The van der Waals surface area contributed by atoms with Crippen LogP contribution in [0.3, 0.4) is 0 Å². The molecule has 0 spiro atoms. The fourth-order valence-corrected chi connectivity index (χ4v) is 3.12. The van der Waals surface area contributed by atoms with Crippen molar-refractivity contribution < 1.29 is 9.47 Å². The molecule has 1 aromatic heterocycles. The van der Waals surface area contributed by atoms with Gasteiger partial charge in [0.15, 0.2) is 0 Å². The highest BCUT2D eigenvalue weighted by molar-refractivity contribution is 7.99. The van der Waals surface area contributed by atoms with Crippen molar-refractivity contribution in [3.05, 3.63) is 0 Å². The van der Waals surface area contributed by atoms with Crippen LogP contribution in [0.4, 0.5) is 0 Å². The van der Waals surface area contributed by atoms with E-state index in [0.717, 1.165) is 69.1 Å². The molecule has 1 aliphatic heterocycles. The summed E-state index contributed by atoms with van der Waals surface area (Å²) in [5.41, 5.74) is 0. The number of tetrazole rings is 1. The zero-order valence-electron chi connectivity index (χ0n) is 12.0. The van der Waals surface area contributed by atoms with Gasteiger partial charge in [-0.25, -0.2) is 4.68 Å². The van der Waals surface area contributed by atoms with Crippen molar-refractivity contribution in [3.8, 4) is 0 Å². The number of ether oxygens (including phenoxy) is 2. The normalized spacial score (nSPS) is 16.6. The van der Waals surface area contributed by atoms with E-state index in [2.05, 4.69) is 20.8 Å². The van der Waals surface area contributed by atoms with Gasteiger partial charge in [0.2, 0.25) is 5.16 Å². The van der Waals surface area contributed by atoms with Crippen LogP contribution < -0.4 is 5.32 Å². The fourth-order valence-electron chi connectivity index (χ4n) is 2.03. The number of hydrogen-bond donors (Lipinski definition) is 1. The Morgan fingerprint density at radius 1 is 1.40 bits per heavy atom. The van der Waals surface area contributed by atoms with Crippen LogP contribution >= 0.6 is 11.8 Å². The molecule has 0 radical (unpaired) electrons. The average molecular weight is 301 g/mol. The van der Waals surface area contributed by atoms with E-state index in [1.807, 2.05) is 4.68 Å². The summed E-state index contributed by atoms with van der Waals surface area (Å²) in [6.07, 6.45) is 2.29. The first-order valence-corrected chi connectivity index (χ1v) is 8.05. The second-order valence-electron chi connectivity index (χ2n) is 4.79. The fraction of sp³-hybridized carbons (Fsp3) is 0.917. The zero-order valence-corrected chi connectivity index (χ0v) is 12.8. The number of aromatic nitrogens is 4. The molecule has 1 aromatic rings. The molecular weight excluding hydrogens is 278 g/mol. The van der Waals surface area contributed by atoms with Crippen LogP contribution in [-0.2, 0) is 16.0 Å². The molecule has 0 bridgehead atoms. The van der Waals surface area contributed by atoms with Crippen molar-refractivity contribution in [2.45, 2.75) is 24.5 Å². The Labute approximate surface area is 123 Å². The van der Waals surface area contributed by atoms with Gasteiger partial charge in [-0.15, -0.1) is 5.10 Å². The highest BCUT2D eigenvalue weighted by atomic mass is 32.2. The van der Waals surface area contributed by atoms with Crippen LogP contribution in [0.2, 0.25) is 0 Å². The Bertz CT molecular complexity index is 370. The second kappa shape index (κ2) is 9.28. The zero-order chi connectivity index (χ0) is 14.0. The molecule has 0 saturated carbocycles. The largest absolute Gasteiger partial charge is 0.383 e. The molecular formula is C12H23N5O2S. The Morgan fingerprint density at radius 2 is 2.25 bits per heavy atom. The van der Waals surface area contributed by atoms with Gasteiger partial charge in [0.05, 0.1) is 13.2 Å². The van der Waals surface area contributed by atoms with Crippen molar-refractivity contribution in [1.82, 2.24) is 25.5 Å². The van der Waals surface area contributed by atoms with Crippen molar-refractivity contribution in [1.29, 1.82) is 0 Å². The molecule has 1 aliphatic rings. The van der Waals surface area contributed by atoms with Crippen LogP contribution in [0.15, 0.2) is 5.16 Å². The van der Waals surface area contributed by atoms with E-state index in [1.54, 1.807) is 18.9 Å². The van der Waals surface area contributed by atoms with Gasteiger partial charge < -0.3 is 14.8 Å². The maximum atomic E-state index is 5.37. The van der Waals surface area contributed by atoms with Gasteiger partial charge in [-0.05, 0) is 29.2 Å². The van der Waals surface area contributed by atoms with Gasteiger partial charge in [0.1, 0.15) is 0 Å². The van der Waals surface area contributed by atoms with E-state index in [-0.39, 0.29) is 0 Å². The summed E-state index contributed by atoms with van der Waals surface area (Å²) in [5, 5.41) is 16.1. The van der Waals surface area contributed by atoms with Crippen molar-refractivity contribution in [2.24, 2.45) is 5.92 Å². The maximum Gasteiger partial charge on any atom is 0.209 e. The van der Waals surface area contributed by atoms with E-state index in [1.165, 1.54) is 0 Å². The lowest BCUT2D eigenvalue weighted by Gasteiger charge is -2.21. The van der Waals surface area contributed by atoms with E-state index < -0.39 is 0 Å². The highest BCUT2D eigenvalue weighted by Gasteiger charge is 2.16. The smallest absolute Gasteiger partial charge is 0.209 e. The minimum Gasteiger partial charge on any atom is -0.383 e. The first-order valence-electron chi connectivity index (χ1n) is 7.06. The number of nitrogens with one attached hydrogen (secondary N) is 1.